The molecule has 216 valence electrons. The van der Waals surface area contributed by atoms with Crippen LogP contribution in [0, 0.1) is 0 Å². The van der Waals surface area contributed by atoms with Gasteiger partial charge in [0.25, 0.3) is 0 Å². The van der Waals surface area contributed by atoms with Crippen molar-refractivity contribution in [3.05, 3.63) is 71.9 Å². The molecule has 0 fully saturated rings. The third-order valence-corrected chi connectivity index (χ3v) is 4.54. The first-order valence-electron chi connectivity index (χ1n) is 11.6. The van der Waals surface area contributed by atoms with E-state index in [1.807, 2.05) is 0 Å². The molecule has 1 aromatic rings. The van der Waals surface area contributed by atoms with E-state index in [4.69, 9.17) is 33.2 Å². The van der Waals surface area contributed by atoms with E-state index < -0.39 is 50.2 Å². The van der Waals surface area contributed by atoms with Crippen LogP contribution in [0.4, 0.5) is 0 Å². The molecule has 0 aliphatic heterocycles. The molecule has 0 spiro atoms. The van der Waals surface area contributed by atoms with Crippen molar-refractivity contribution in [1.82, 2.24) is 0 Å². The zero-order valence-corrected chi connectivity index (χ0v) is 22.9. The molecule has 0 saturated carbocycles. The molecule has 0 amide bonds. The van der Waals surface area contributed by atoms with Crippen molar-refractivity contribution >= 4 is 29.8 Å². The molecule has 1 rings (SSSR count). The van der Waals surface area contributed by atoms with E-state index in [1.165, 1.54) is 39.8 Å². The van der Waals surface area contributed by atoms with Crippen LogP contribution in [0.3, 0.4) is 0 Å². The molecule has 0 saturated heterocycles. The molecule has 0 N–H and O–H groups in total. The number of carbonyl (C=O) groups excluding carboxylic acids is 5. The molecule has 0 aromatic heterocycles. The van der Waals surface area contributed by atoms with Crippen molar-refractivity contribution in [3.8, 4) is 11.5 Å². The number of ether oxygens (including phenoxy) is 7. The van der Waals surface area contributed by atoms with Gasteiger partial charge in [-0.3, -0.25) is 0 Å². The Morgan fingerprint density at radius 2 is 1.05 bits per heavy atom. The molecule has 12 nitrogen and oxygen atoms in total. The normalized spacial score (nSPS) is 9.90. The molecule has 40 heavy (non-hydrogen) atoms. The Labute approximate surface area is 231 Å². The summed E-state index contributed by atoms with van der Waals surface area (Å²) in [6, 6.07) is 2.55. The summed E-state index contributed by atoms with van der Waals surface area (Å²) in [5, 5.41) is 0. The number of rotatable bonds is 16. The van der Waals surface area contributed by atoms with Gasteiger partial charge in [0.2, 0.25) is 20.4 Å². The smallest absolute Gasteiger partial charge is 0.341 e. The lowest BCUT2D eigenvalue weighted by molar-refractivity contribution is -0.147. The fourth-order valence-corrected chi connectivity index (χ4v) is 2.49. The van der Waals surface area contributed by atoms with E-state index in [1.54, 1.807) is 0 Å². The van der Waals surface area contributed by atoms with Gasteiger partial charge in [-0.1, -0.05) is 26.3 Å². The molecule has 0 heterocycles. The molecular weight excluding hydrogens is 528 g/mol. The molecule has 0 bridgehead atoms. The minimum Gasteiger partial charge on any atom is -0.462 e. The summed E-state index contributed by atoms with van der Waals surface area (Å²) in [6.45, 7) is 17.6. The molecule has 0 unspecified atom stereocenters. The number of benzene rings is 1. The highest BCUT2D eigenvalue weighted by Crippen LogP contribution is 2.34. The molecule has 0 radical (unpaired) electrons. The Morgan fingerprint density at radius 1 is 0.600 bits per heavy atom. The van der Waals surface area contributed by atoms with Crippen LogP contribution in [0.2, 0.25) is 0 Å². The monoisotopic (exact) mass is 560 g/mol. The lowest BCUT2D eigenvalue weighted by Gasteiger charge is -2.18. The molecule has 1 aromatic carbocycles. The highest BCUT2D eigenvalue weighted by Gasteiger charge is 2.21. The van der Waals surface area contributed by atoms with E-state index in [0.717, 1.165) is 0 Å². The second kappa shape index (κ2) is 16.2. The molecule has 12 heteroatoms. The first-order valence-corrected chi connectivity index (χ1v) is 11.6. The van der Waals surface area contributed by atoms with Crippen LogP contribution in [-0.2, 0) is 49.3 Å². The summed E-state index contributed by atoms with van der Waals surface area (Å²) >= 11 is 0. The molecule has 0 aliphatic carbocycles. The summed E-state index contributed by atoms with van der Waals surface area (Å²) in [7, 11) is 0. The Morgan fingerprint density at radius 3 is 1.55 bits per heavy atom. The lowest BCUT2D eigenvalue weighted by Crippen LogP contribution is -2.17. The van der Waals surface area contributed by atoms with Gasteiger partial charge >= 0.3 is 29.8 Å². The predicted molar refractivity (Wildman–Crippen MR) is 140 cm³/mol. The standard InChI is InChI=1S/C28H32O12/c1-16(2)24(29)34-10-9-20-11-21(28(33)40-15-39-27(32)19(7)8)12-22(35-13-37-25(30)17(3)4)23(20)36-14-38-26(31)18(5)6/h11-12H,1,3,5,7,9-10,13-15H2,2,4,6,8H3. The minimum absolute atomic E-state index is 0.00351. The topological polar surface area (TPSA) is 150 Å². The zero-order valence-electron chi connectivity index (χ0n) is 22.9. The van der Waals surface area contributed by atoms with Crippen LogP contribution >= 0.6 is 0 Å². The highest BCUT2D eigenvalue weighted by atomic mass is 16.7. The Kier molecular flexibility index (Phi) is 13.4. The quantitative estimate of drug-likeness (QED) is 0.126. The van der Waals surface area contributed by atoms with Crippen molar-refractivity contribution in [2.75, 3.05) is 27.0 Å². The summed E-state index contributed by atoms with van der Waals surface area (Å²) in [5.41, 5.74) is 0.706. The van der Waals surface area contributed by atoms with E-state index in [-0.39, 0.29) is 57.9 Å². The van der Waals surface area contributed by atoms with Crippen LogP contribution in [0.25, 0.3) is 0 Å². The van der Waals surface area contributed by atoms with Gasteiger partial charge in [-0.25, -0.2) is 24.0 Å². The SMILES string of the molecule is C=C(C)C(=O)OCCc1cc(C(=O)OCOC(=O)C(=C)C)cc(OCOC(=O)C(=C)C)c1OCOC(=O)C(=C)C. The van der Waals surface area contributed by atoms with Crippen molar-refractivity contribution in [2.24, 2.45) is 0 Å². The van der Waals surface area contributed by atoms with E-state index in [0.29, 0.717) is 0 Å². The third kappa shape index (κ3) is 11.3. The van der Waals surface area contributed by atoms with Crippen LogP contribution in [0.5, 0.6) is 11.5 Å². The molecule has 0 atom stereocenters. The fourth-order valence-electron chi connectivity index (χ4n) is 2.49. The van der Waals surface area contributed by atoms with Gasteiger partial charge in [0.1, 0.15) is 0 Å². The molecular formula is C28H32O12. The Hall–Kier alpha value is -4.87. The second-order valence-corrected chi connectivity index (χ2v) is 8.34. The number of carbonyl (C=O) groups is 5. The van der Waals surface area contributed by atoms with Crippen LogP contribution in [0.15, 0.2) is 60.7 Å². The van der Waals surface area contributed by atoms with Crippen molar-refractivity contribution in [2.45, 2.75) is 34.1 Å². The number of hydrogen-bond donors (Lipinski definition) is 0. The van der Waals surface area contributed by atoms with Gasteiger partial charge < -0.3 is 33.2 Å². The Bertz CT molecular complexity index is 1150. The van der Waals surface area contributed by atoms with E-state index in [2.05, 4.69) is 26.3 Å². The number of esters is 5. The first kappa shape index (κ1) is 33.2. The van der Waals surface area contributed by atoms with Crippen LogP contribution in [-0.4, -0.2) is 56.8 Å². The summed E-state index contributed by atoms with van der Waals surface area (Å²) in [6.07, 6.45) is -0.00351. The van der Waals surface area contributed by atoms with Gasteiger partial charge in [-0.2, -0.15) is 0 Å². The van der Waals surface area contributed by atoms with E-state index in [9.17, 15) is 24.0 Å². The Balaban J connectivity index is 3.34. The second-order valence-electron chi connectivity index (χ2n) is 8.34. The van der Waals surface area contributed by atoms with Crippen LogP contribution < -0.4 is 9.47 Å². The summed E-state index contributed by atoms with van der Waals surface area (Å²) in [4.78, 5) is 59.7. The van der Waals surface area contributed by atoms with Crippen molar-refractivity contribution < 1.29 is 57.1 Å². The number of hydrogen-bond acceptors (Lipinski definition) is 12. The lowest BCUT2D eigenvalue weighted by atomic mass is 10.1. The van der Waals surface area contributed by atoms with E-state index >= 15 is 0 Å². The van der Waals surface area contributed by atoms with Gasteiger partial charge in [0.05, 0.1) is 12.2 Å². The maximum absolute atomic E-state index is 12.7. The average Bonchev–Trinajstić information content (AvgIpc) is 2.88. The van der Waals surface area contributed by atoms with Crippen LogP contribution in [0.1, 0.15) is 43.6 Å². The van der Waals surface area contributed by atoms with Gasteiger partial charge in [0, 0.05) is 34.3 Å². The summed E-state index contributed by atoms with van der Waals surface area (Å²) in [5.74, 6) is -3.91. The predicted octanol–water partition coefficient (Wildman–Crippen LogP) is 3.49. The third-order valence-electron chi connectivity index (χ3n) is 4.54. The molecule has 0 aliphatic rings. The van der Waals surface area contributed by atoms with Crippen molar-refractivity contribution in [3.63, 3.8) is 0 Å². The largest absolute Gasteiger partial charge is 0.462 e. The highest BCUT2D eigenvalue weighted by molar-refractivity contribution is 5.91. The zero-order chi connectivity index (χ0) is 30.4. The van der Waals surface area contributed by atoms with Crippen molar-refractivity contribution in [1.29, 1.82) is 0 Å². The summed E-state index contributed by atoms with van der Waals surface area (Å²) < 4.78 is 36.0. The maximum Gasteiger partial charge on any atom is 0.341 e. The first-order chi connectivity index (χ1) is 18.7. The van der Waals surface area contributed by atoms with Gasteiger partial charge in [-0.05, 0) is 39.8 Å². The van der Waals surface area contributed by atoms with Gasteiger partial charge in [0.15, 0.2) is 11.5 Å². The average molecular weight is 561 g/mol. The maximum atomic E-state index is 12.7. The minimum atomic E-state index is -0.918. The fraction of sp³-hybridized carbons (Fsp3) is 0.321. The van der Waals surface area contributed by atoms with Gasteiger partial charge in [-0.15, -0.1) is 0 Å².